The third-order valence-corrected chi connectivity index (χ3v) is 4.35. The molecule has 1 fully saturated rings. The van der Waals surface area contributed by atoms with E-state index in [-0.39, 0.29) is 17.9 Å². The van der Waals surface area contributed by atoms with Crippen LogP contribution in [0, 0.1) is 5.41 Å². The Labute approximate surface area is 120 Å². The summed E-state index contributed by atoms with van der Waals surface area (Å²) >= 11 is 0. The first-order chi connectivity index (χ1) is 9.61. The zero-order valence-electron chi connectivity index (χ0n) is 11.9. The lowest BCUT2D eigenvalue weighted by Crippen LogP contribution is -2.50. The predicted molar refractivity (Wildman–Crippen MR) is 76.5 cm³/mol. The second-order valence-electron chi connectivity index (χ2n) is 5.97. The standard InChI is InChI=1S/C15H24N2O3/c18-13(19)6-4-10-16-14(20)17-11-5-9-15(12-17)7-2-1-3-8-15/h1-2H,3-12H2,(H,16,20)(H,18,19). The summed E-state index contributed by atoms with van der Waals surface area (Å²) < 4.78 is 0. The molecule has 1 atom stereocenters. The molecule has 0 radical (unpaired) electrons. The summed E-state index contributed by atoms with van der Waals surface area (Å²) in [6.45, 7) is 2.09. The fraction of sp³-hybridized carbons (Fsp3) is 0.733. The molecular weight excluding hydrogens is 256 g/mol. The molecule has 20 heavy (non-hydrogen) atoms. The maximum absolute atomic E-state index is 12.1. The van der Waals surface area contributed by atoms with Crippen LogP contribution in [0.2, 0.25) is 0 Å². The molecule has 0 bridgehead atoms. The molecule has 1 aliphatic carbocycles. The van der Waals surface area contributed by atoms with E-state index in [1.54, 1.807) is 0 Å². The monoisotopic (exact) mass is 280 g/mol. The van der Waals surface area contributed by atoms with Crippen LogP contribution in [0.15, 0.2) is 12.2 Å². The lowest BCUT2D eigenvalue weighted by atomic mass is 9.71. The van der Waals surface area contributed by atoms with E-state index in [9.17, 15) is 9.59 Å². The van der Waals surface area contributed by atoms with Gasteiger partial charge >= 0.3 is 12.0 Å². The van der Waals surface area contributed by atoms with Crippen molar-refractivity contribution in [3.05, 3.63) is 12.2 Å². The normalized spacial score (nSPS) is 25.7. The summed E-state index contributed by atoms with van der Waals surface area (Å²) in [6.07, 6.45) is 10.7. The summed E-state index contributed by atoms with van der Waals surface area (Å²) in [5.74, 6) is -0.815. The molecule has 0 aromatic carbocycles. The Balaban J connectivity index is 1.78. The summed E-state index contributed by atoms with van der Waals surface area (Å²) in [7, 11) is 0. The number of nitrogens with one attached hydrogen (secondary N) is 1. The second kappa shape index (κ2) is 6.77. The summed E-state index contributed by atoms with van der Waals surface area (Å²) in [6, 6.07) is -0.0379. The number of rotatable bonds is 4. The van der Waals surface area contributed by atoms with Crippen molar-refractivity contribution in [2.24, 2.45) is 5.41 Å². The van der Waals surface area contributed by atoms with E-state index in [4.69, 9.17) is 5.11 Å². The van der Waals surface area contributed by atoms with Gasteiger partial charge in [0.2, 0.25) is 0 Å². The van der Waals surface area contributed by atoms with Crippen molar-refractivity contribution in [2.75, 3.05) is 19.6 Å². The minimum absolute atomic E-state index is 0.0379. The number of amides is 2. The van der Waals surface area contributed by atoms with Crippen molar-refractivity contribution < 1.29 is 14.7 Å². The van der Waals surface area contributed by atoms with Crippen molar-refractivity contribution in [1.82, 2.24) is 10.2 Å². The lowest BCUT2D eigenvalue weighted by molar-refractivity contribution is -0.137. The zero-order chi connectivity index (χ0) is 14.4. The Morgan fingerprint density at radius 1 is 1.30 bits per heavy atom. The molecule has 1 spiro atoms. The highest BCUT2D eigenvalue weighted by Gasteiger charge is 2.36. The van der Waals surface area contributed by atoms with Crippen LogP contribution >= 0.6 is 0 Å². The molecule has 1 aliphatic heterocycles. The number of piperidine rings is 1. The van der Waals surface area contributed by atoms with E-state index >= 15 is 0 Å². The molecule has 2 amide bonds. The van der Waals surface area contributed by atoms with Gasteiger partial charge in [-0.1, -0.05) is 12.2 Å². The fourth-order valence-corrected chi connectivity index (χ4v) is 3.24. The highest BCUT2D eigenvalue weighted by Crippen LogP contribution is 2.40. The third kappa shape index (κ3) is 3.99. The van der Waals surface area contributed by atoms with Crippen LogP contribution in [0.3, 0.4) is 0 Å². The molecular formula is C15H24N2O3. The molecule has 0 saturated carbocycles. The highest BCUT2D eigenvalue weighted by atomic mass is 16.4. The van der Waals surface area contributed by atoms with Crippen LogP contribution < -0.4 is 5.32 Å². The SMILES string of the molecule is O=C(O)CCCNC(=O)N1CCCC2(CC=CCC2)C1. The number of aliphatic carboxylic acids is 1. The van der Waals surface area contributed by atoms with Crippen LogP contribution in [0.1, 0.15) is 44.9 Å². The Hall–Kier alpha value is -1.52. The topological polar surface area (TPSA) is 69.6 Å². The third-order valence-electron chi connectivity index (χ3n) is 4.35. The quantitative estimate of drug-likeness (QED) is 0.613. The second-order valence-corrected chi connectivity index (χ2v) is 5.97. The molecule has 0 aromatic heterocycles. The van der Waals surface area contributed by atoms with Gasteiger partial charge < -0.3 is 15.3 Å². The van der Waals surface area contributed by atoms with Gasteiger partial charge in [0.05, 0.1) is 0 Å². The zero-order valence-corrected chi connectivity index (χ0v) is 11.9. The molecule has 2 aliphatic rings. The van der Waals surface area contributed by atoms with Gasteiger partial charge in [0.15, 0.2) is 0 Å². The molecule has 1 unspecified atom stereocenters. The van der Waals surface area contributed by atoms with Crippen molar-refractivity contribution in [1.29, 1.82) is 0 Å². The Bertz CT molecular complexity index is 395. The minimum Gasteiger partial charge on any atom is -0.481 e. The average molecular weight is 280 g/mol. The van der Waals surface area contributed by atoms with Gasteiger partial charge in [0.1, 0.15) is 0 Å². The Morgan fingerprint density at radius 3 is 2.85 bits per heavy atom. The lowest BCUT2D eigenvalue weighted by Gasteiger charge is -2.43. The summed E-state index contributed by atoms with van der Waals surface area (Å²) in [4.78, 5) is 24.4. The van der Waals surface area contributed by atoms with E-state index in [1.165, 1.54) is 12.8 Å². The van der Waals surface area contributed by atoms with E-state index in [2.05, 4.69) is 17.5 Å². The van der Waals surface area contributed by atoms with Crippen LogP contribution in [-0.4, -0.2) is 41.6 Å². The number of hydrogen-bond acceptors (Lipinski definition) is 2. The van der Waals surface area contributed by atoms with E-state index in [0.29, 0.717) is 13.0 Å². The van der Waals surface area contributed by atoms with Gasteiger partial charge in [0, 0.05) is 26.1 Å². The maximum atomic E-state index is 12.1. The van der Waals surface area contributed by atoms with Crippen LogP contribution in [0.5, 0.6) is 0 Å². The largest absolute Gasteiger partial charge is 0.481 e. The number of carbonyl (C=O) groups is 2. The van der Waals surface area contributed by atoms with Crippen LogP contribution in [-0.2, 0) is 4.79 Å². The van der Waals surface area contributed by atoms with E-state index in [1.807, 2.05) is 4.90 Å². The number of urea groups is 1. The van der Waals surface area contributed by atoms with Crippen molar-refractivity contribution in [2.45, 2.75) is 44.9 Å². The Morgan fingerprint density at radius 2 is 2.15 bits per heavy atom. The van der Waals surface area contributed by atoms with E-state index < -0.39 is 5.97 Å². The summed E-state index contributed by atoms with van der Waals surface area (Å²) in [5, 5.41) is 11.4. The number of likely N-dealkylation sites (tertiary alicyclic amines) is 1. The number of carboxylic acids is 1. The number of allylic oxidation sites excluding steroid dienone is 2. The van der Waals surface area contributed by atoms with Gasteiger partial charge in [-0.25, -0.2) is 4.79 Å². The predicted octanol–water partition coefficient (Wildman–Crippen LogP) is 2.38. The molecule has 1 heterocycles. The number of carboxylic acid groups (broad SMARTS) is 1. The van der Waals surface area contributed by atoms with Crippen LogP contribution in [0.25, 0.3) is 0 Å². The maximum Gasteiger partial charge on any atom is 0.317 e. The summed E-state index contributed by atoms with van der Waals surface area (Å²) in [5.41, 5.74) is 0.283. The highest BCUT2D eigenvalue weighted by molar-refractivity contribution is 5.74. The molecule has 5 nitrogen and oxygen atoms in total. The molecule has 112 valence electrons. The number of carbonyl (C=O) groups excluding carboxylic acids is 1. The molecule has 0 aromatic rings. The van der Waals surface area contributed by atoms with E-state index in [0.717, 1.165) is 32.4 Å². The van der Waals surface area contributed by atoms with Gasteiger partial charge in [-0.2, -0.15) is 0 Å². The smallest absolute Gasteiger partial charge is 0.317 e. The fourth-order valence-electron chi connectivity index (χ4n) is 3.24. The molecule has 5 heteroatoms. The minimum atomic E-state index is -0.815. The van der Waals surface area contributed by atoms with Crippen molar-refractivity contribution in [3.63, 3.8) is 0 Å². The molecule has 2 rings (SSSR count). The number of nitrogens with zero attached hydrogens (tertiary/aromatic N) is 1. The molecule has 2 N–H and O–H groups in total. The average Bonchev–Trinajstić information content (AvgIpc) is 2.44. The Kier molecular flexibility index (Phi) is 5.04. The van der Waals surface area contributed by atoms with Gasteiger partial charge in [0.25, 0.3) is 0 Å². The number of hydrogen-bond donors (Lipinski definition) is 2. The first kappa shape index (κ1) is 14.9. The van der Waals surface area contributed by atoms with Gasteiger partial charge in [-0.05, 0) is 43.9 Å². The van der Waals surface area contributed by atoms with Crippen LogP contribution in [0.4, 0.5) is 4.79 Å². The van der Waals surface area contributed by atoms with Gasteiger partial charge in [-0.3, -0.25) is 4.79 Å². The van der Waals surface area contributed by atoms with Crippen molar-refractivity contribution >= 4 is 12.0 Å². The first-order valence-corrected chi connectivity index (χ1v) is 7.51. The molecule has 1 saturated heterocycles. The van der Waals surface area contributed by atoms with Crippen molar-refractivity contribution in [3.8, 4) is 0 Å². The van der Waals surface area contributed by atoms with Gasteiger partial charge in [-0.15, -0.1) is 0 Å². The first-order valence-electron chi connectivity index (χ1n) is 7.51.